The molecule has 1 aromatic carbocycles. The number of fused-ring (bicyclic) bond motifs is 3. The third kappa shape index (κ3) is 4.11. The molecule has 0 N–H and O–H groups in total. The van der Waals surface area contributed by atoms with Crippen LogP contribution in [0, 0.1) is 0 Å². The van der Waals surface area contributed by atoms with Gasteiger partial charge in [0.05, 0.1) is 0 Å². The Hall–Kier alpha value is -2.02. The van der Waals surface area contributed by atoms with Gasteiger partial charge in [-0.3, -0.25) is 0 Å². The number of anilines is 1. The number of benzene rings is 2. The molecule has 1 aromatic heterocycles. The van der Waals surface area contributed by atoms with Crippen molar-refractivity contribution in [1.82, 2.24) is 9.48 Å². The fraction of sp³-hybridized carbons (Fsp3) is 0.400. The average molecular weight is 594 g/mol. The number of hydrogen-bond acceptors (Lipinski definition) is 4. The number of hydrogen-bond donors (Lipinski definition) is 0. The Morgan fingerprint density at radius 2 is 1.81 bits per heavy atom. The summed E-state index contributed by atoms with van der Waals surface area (Å²) >= 11 is 8.13. The Bertz CT molecular complexity index is 1570. The molecule has 1 aliphatic carbocycles. The molecule has 37 heavy (non-hydrogen) atoms. The van der Waals surface area contributed by atoms with Crippen molar-refractivity contribution in [2.75, 3.05) is 58.4 Å². The second kappa shape index (κ2) is 9.62. The van der Waals surface area contributed by atoms with Gasteiger partial charge >= 0.3 is 235 Å². The van der Waals surface area contributed by atoms with E-state index in [4.69, 9.17) is 17.0 Å². The van der Waals surface area contributed by atoms with Crippen molar-refractivity contribution in [2.45, 2.75) is 25.7 Å². The van der Waals surface area contributed by atoms with E-state index in [1.165, 1.54) is 74.8 Å². The van der Waals surface area contributed by atoms with Gasteiger partial charge in [-0.2, -0.15) is 0 Å². The zero-order valence-corrected chi connectivity index (χ0v) is 24.9. The number of nitrogens with zero attached hydrogens (tertiary/aromatic N) is 3. The summed E-state index contributed by atoms with van der Waals surface area (Å²) in [4.78, 5) is 8.51. The first kappa shape index (κ1) is 24.0. The molecule has 5 heterocycles. The fourth-order valence-electron chi connectivity index (χ4n) is 6.24. The molecule has 7 rings (SSSR count). The van der Waals surface area contributed by atoms with E-state index >= 15 is 0 Å². The maximum atomic E-state index is 5.96. The average Bonchev–Trinajstić information content (AvgIpc) is 3.42. The first-order valence-corrected chi connectivity index (χ1v) is 16.3. The first-order valence-electron chi connectivity index (χ1n) is 13.4. The number of rotatable bonds is 2. The van der Waals surface area contributed by atoms with E-state index in [9.17, 15) is 0 Å². The maximum absolute atomic E-state index is 5.96. The summed E-state index contributed by atoms with van der Waals surface area (Å²) < 4.78 is 10.9. The molecule has 0 atom stereocenters. The summed E-state index contributed by atoms with van der Waals surface area (Å²) in [5.41, 5.74) is 7.65. The second-order valence-corrected chi connectivity index (χ2v) is 14.2. The van der Waals surface area contributed by atoms with Crippen LogP contribution in [-0.2, 0) is 17.6 Å². The van der Waals surface area contributed by atoms with Crippen LogP contribution in [0.3, 0.4) is 0 Å². The predicted molar refractivity (Wildman–Crippen MR) is 161 cm³/mol. The Morgan fingerprint density at radius 1 is 1.00 bits per heavy atom. The standard InChI is InChI=1S/C30H32N3OS2Se/c1-31(2)20-7-8-21-26(18-20)37-29-22-6-4-12-32-11-3-5-19(28(22)32)17-23(29)27(21)24-9-10-25(36-24)30(35)33-13-15-34-16-14-33/h7-10,17-18H,3-6,11-16H2,1-2H3/q+1. The summed E-state index contributed by atoms with van der Waals surface area (Å²) in [7, 11) is 4.29. The molecular weight excluding hydrogens is 561 g/mol. The predicted octanol–water partition coefficient (Wildman–Crippen LogP) is 4.47. The van der Waals surface area contributed by atoms with Crippen LogP contribution < -0.4 is 14.8 Å². The number of ether oxygens (including phenoxy) is 1. The molecule has 2 aromatic rings. The van der Waals surface area contributed by atoms with Crippen LogP contribution in [0.4, 0.5) is 5.69 Å². The minimum atomic E-state index is 0.300. The van der Waals surface area contributed by atoms with Gasteiger partial charge in [0.2, 0.25) is 0 Å². The summed E-state index contributed by atoms with van der Waals surface area (Å²) in [6.45, 7) is 5.73. The quantitative estimate of drug-likeness (QED) is 0.148. The summed E-state index contributed by atoms with van der Waals surface area (Å²) in [6.07, 6.45) is 4.97. The van der Waals surface area contributed by atoms with Gasteiger partial charge in [0, 0.05) is 0 Å². The molecule has 4 nitrogen and oxygen atoms in total. The van der Waals surface area contributed by atoms with Gasteiger partial charge in [0.25, 0.3) is 0 Å². The van der Waals surface area contributed by atoms with Crippen LogP contribution >= 0.6 is 23.6 Å². The third-order valence-corrected chi connectivity index (χ3v) is 12.4. The molecular formula is C30H32N3OS2Se+. The number of thiophene rings is 1. The van der Waals surface area contributed by atoms with Crippen molar-refractivity contribution < 1.29 is 4.74 Å². The van der Waals surface area contributed by atoms with Crippen LogP contribution in [0.1, 0.15) is 28.8 Å². The molecule has 0 spiro atoms. The van der Waals surface area contributed by atoms with Crippen LogP contribution in [0.2, 0.25) is 0 Å². The minimum absolute atomic E-state index is 0.300. The van der Waals surface area contributed by atoms with E-state index in [0.717, 1.165) is 31.3 Å². The van der Waals surface area contributed by atoms with Crippen LogP contribution in [0.5, 0.6) is 0 Å². The topological polar surface area (TPSA) is 18.7 Å². The van der Waals surface area contributed by atoms with Crippen LogP contribution in [0.15, 0.2) is 36.4 Å². The second-order valence-electron chi connectivity index (χ2n) is 10.6. The van der Waals surface area contributed by atoms with E-state index in [0.29, 0.717) is 14.5 Å². The van der Waals surface area contributed by atoms with Gasteiger partial charge in [-0.25, -0.2) is 0 Å². The van der Waals surface area contributed by atoms with Crippen molar-refractivity contribution >= 4 is 58.4 Å². The zero-order chi connectivity index (χ0) is 25.1. The van der Waals surface area contributed by atoms with E-state index in [2.05, 4.69) is 64.9 Å². The molecule has 4 aliphatic heterocycles. The Kier molecular flexibility index (Phi) is 6.25. The summed E-state index contributed by atoms with van der Waals surface area (Å²) in [6, 6.07) is 14.3. The third-order valence-electron chi connectivity index (χ3n) is 8.07. The van der Waals surface area contributed by atoms with E-state index < -0.39 is 0 Å². The van der Waals surface area contributed by atoms with Gasteiger partial charge in [-0.1, -0.05) is 0 Å². The SMILES string of the molecule is C[N+](C)=c1ccc2c(-c3ccc(C(=S)N4CCOCC4)s3)c3cc4c5c(c3[se]c-2c1)CCCN5CCC4. The number of morpholine rings is 1. The first-order chi connectivity index (χ1) is 18.1. The van der Waals surface area contributed by atoms with Crippen LogP contribution in [0.25, 0.3) is 30.1 Å². The monoisotopic (exact) mass is 594 g/mol. The molecule has 190 valence electrons. The number of aryl methyl sites for hydroxylation is 2. The molecule has 0 saturated carbocycles. The molecule has 0 amide bonds. The molecule has 1 fully saturated rings. The number of thiocarbonyl (C=S) groups is 1. The van der Waals surface area contributed by atoms with Crippen molar-refractivity contribution in [3.63, 3.8) is 0 Å². The van der Waals surface area contributed by atoms with Gasteiger partial charge in [0.15, 0.2) is 0 Å². The van der Waals surface area contributed by atoms with Crippen molar-refractivity contribution in [3.8, 4) is 20.4 Å². The van der Waals surface area contributed by atoms with E-state index in [1.807, 2.05) is 11.3 Å². The van der Waals surface area contributed by atoms with Gasteiger partial charge in [0.1, 0.15) is 0 Å². The molecule has 0 radical (unpaired) electrons. The Labute approximate surface area is 233 Å². The van der Waals surface area contributed by atoms with Gasteiger partial charge in [-0.05, 0) is 0 Å². The molecule has 5 aliphatic rings. The molecule has 0 bridgehead atoms. The summed E-state index contributed by atoms with van der Waals surface area (Å²) in [5, 5.41) is 2.78. The normalized spacial score (nSPS) is 17.4. The van der Waals surface area contributed by atoms with Gasteiger partial charge < -0.3 is 0 Å². The Balaban J connectivity index is 1.48. The zero-order valence-electron chi connectivity index (χ0n) is 21.5. The molecule has 7 heteroatoms. The fourth-order valence-corrected chi connectivity index (χ4v) is 10.3. The van der Waals surface area contributed by atoms with E-state index in [1.54, 1.807) is 21.1 Å². The van der Waals surface area contributed by atoms with Gasteiger partial charge in [-0.15, -0.1) is 0 Å². The molecule has 1 saturated heterocycles. The van der Waals surface area contributed by atoms with Crippen molar-refractivity contribution in [3.05, 3.63) is 57.8 Å². The Morgan fingerprint density at radius 3 is 2.62 bits per heavy atom. The van der Waals surface area contributed by atoms with E-state index in [-0.39, 0.29) is 0 Å². The van der Waals surface area contributed by atoms with Crippen LogP contribution in [-0.4, -0.2) is 77.9 Å². The van der Waals surface area contributed by atoms with Crippen molar-refractivity contribution in [1.29, 1.82) is 0 Å². The summed E-state index contributed by atoms with van der Waals surface area (Å²) in [5.74, 6) is 0. The molecule has 0 unspecified atom stereocenters. The van der Waals surface area contributed by atoms with Crippen molar-refractivity contribution in [2.24, 2.45) is 0 Å².